The molecular weight excluding hydrogens is 382 g/mol. The number of rotatable bonds is 5. The minimum absolute atomic E-state index is 0.0403. The van der Waals surface area contributed by atoms with Crippen LogP contribution >= 0.6 is 0 Å². The predicted molar refractivity (Wildman–Crippen MR) is 90.4 cm³/mol. The normalized spacial score (nSPS) is 11.6. The highest BCUT2D eigenvalue weighted by Crippen LogP contribution is 2.34. The van der Waals surface area contributed by atoms with Gasteiger partial charge >= 0.3 is 12.1 Å². The minimum atomic E-state index is -4.64. The van der Waals surface area contributed by atoms with E-state index < -0.39 is 30.3 Å². The SMILES string of the molecule is CCOC(=O)c1c(C)oc2c(F)cc(OCc3cccnc3C(F)(F)F)cc12. The molecule has 0 saturated carbocycles. The number of furan rings is 1. The Labute approximate surface area is 156 Å². The van der Waals surface area contributed by atoms with Gasteiger partial charge < -0.3 is 13.9 Å². The number of fused-ring (bicyclic) bond motifs is 1. The zero-order valence-electron chi connectivity index (χ0n) is 14.9. The number of nitrogens with zero attached hydrogens (tertiary/aromatic N) is 1. The summed E-state index contributed by atoms with van der Waals surface area (Å²) in [4.78, 5) is 15.5. The summed E-state index contributed by atoms with van der Waals surface area (Å²) in [6, 6.07) is 4.86. The van der Waals surface area contributed by atoms with Gasteiger partial charge in [-0.1, -0.05) is 6.07 Å². The Bertz CT molecular complexity index is 1030. The van der Waals surface area contributed by atoms with E-state index in [0.29, 0.717) is 0 Å². The number of hydrogen-bond acceptors (Lipinski definition) is 5. The van der Waals surface area contributed by atoms with Crippen molar-refractivity contribution in [3.05, 3.63) is 58.9 Å². The van der Waals surface area contributed by atoms with Crippen molar-refractivity contribution >= 4 is 16.9 Å². The molecule has 2 aromatic heterocycles. The summed E-state index contributed by atoms with van der Waals surface area (Å²) in [6.45, 7) is 2.73. The highest BCUT2D eigenvalue weighted by Gasteiger charge is 2.35. The number of aryl methyl sites for hydroxylation is 1. The number of carbonyl (C=O) groups is 1. The molecule has 9 heteroatoms. The lowest BCUT2D eigenvalue weighted by Crippen LogP contribution is -2.13. The van der Waals surface area contributed by atoms with E-state index in [1.165, 1.54) is 25.1 Å². The van der Waals surface area contributed by atoms with Gasteiger partial charge in [-0.25, -0.2) is 9.18 Å². The summed E-state index contributed by atoms with van der Waals surface area (Å²) in [5, 5.41) is 0.119. The van der Waals surface area contributed by atoms with Crippen LogP contribution in [0.3, 0.4) is 0 Å². The first-order valence-corrected chi connectivity index (χ1v) is 8.26. The summed E-state index contributed by atoms with van der Waals surface area (Å²) in [7, 11) is 0. The van der Waals surface area contributed by atoms with Crippen molar-refractivity contribution in [2.75, 3.05) is 6.61 Å². The van der Waals surface area contributed by atoms with Crippen LogP contribution in [-0.4, -0.2) is 17.6 Å². The minimum Gasteiger partial charge on any atom is -0.489 e. The van der Waals surface area contributed by atoms with Crippen molar-refractivity contribution < 1.29 is 36.2 Å². The lowest BCUT2D eigenvalue weighted by atomic mass is 10.1. The largest absolute Gasteiger partial charge is 0.489 e. The maximum Gasteiger partial charge on any atom is 0.433 e. The second-order valence-corrected chi connectivity index (χ2v) is 5.83. The van der Waals surface area contributed by atoms with E-state index in [0.717, 1.165) is 12.3 Å². The van der Waals surface area contributed by atoms with E-state index in [4.69, 9.17) is 13.9 Å². The first-order valence-electron chi connectivity index (χ1n) is 8.26. The molecule has 2 heterocycles. The van der Waals surface area contributed by atoms with Crippen LogP contribution in [0.2, 0.25) is 0 Å². The highest BCUT2D eigenvalue weighted by atomic mass is 19.4. The lowest BCUT2D eigenvalue weighted by Gasteiger charge is -2.12. The van der Waals surface area contributed by atoms with Gasteiger partial charge in [0, 0.05) is 23.2 Å². The predicted octanol–water partition coefficient (Wildman–Crippen LogP) is 5.05. The van der Waals surface area contributed by atoms with Crippen LogP contribution in [0.15, 0.2) is 34.9 Å². The second kappa shape index (κ2) is 7.49. The molecule has 0 N–H and O–H groups in total. The van der Waals surface area contributed by atoms with Crippen molar-refractivity contribution in [3.63, 3.8) is 0 Å². The summed E-state index contributed by atoms with van der Waals surface area (Å²) in [5.74, 6) is -1.40. The Balaban J connectivity index is 1.95. The molecule has 0 aliphatic heterocycles. The van der Waals surface area contributed by atoms with Gasteiger partial charge in [0.15, 0.2) is 17.1 Å². The molecule has 0 unspecified atom stereocenters. The molecule has 0 amide bonds. The molecular formula is C19H15F4NO4. The molecule has 3 aromatic rings. The van der Waals surface area contributed by atoms with E-state index in [9.17, 15) is 22.4 Å². The van der Waals surface area contributed by atoms with Gasteiger partial charge in [0.2, 0.25) is 0 Å². The highest BCUT2D eigenvalue weighted by molar-refractivity contribution is 6.05. The number of halogens is 4. The van der Waals surface area contributed by atoms with E-state index in [1.54, 1.807) is 6.92 Å². The lowest BCUT2D eigenvalue weighted by molar-refractivity contribution is -0.142. The fraction of sp³-hybridized carbons (Fsp3) is 0.263. The molecule has 0 radical (unpaired) electrons. The number of benzene rings is 1. The molecule has 0 saturated heterocycles. The molecule has 0 bridgehead atoms. The molecule has 28 heavy (non-hydrogen) atoms. The van der Waals surface area contributed by atoms with Gasteiger partial charge in [-0.2, -0.15) is 13.2 Å². The molecule has 0 aliphatic rings. The first kappa shape index (κ1) is 19.7. The third-order valence-corrected chi connectivity index (χ3v) is 3.93. The molecule has 0 aliphatic carbocycles. The Morgan fingerprint density at radius 2 is 2.04 bits per heavy atom. The van der Waals surface area contributed by atoms with Gasteiger partial charge in [-0.05, 0) is 26.0 Å². The van der Waals surface area contributed by atoms with Crippen LogP contribution in [0.25, 0.3) is 11.0 Å². The third kappa shape index (κ3) is 3.78. The monoisotopic (exact) mass is 397 g/mol. The zero-order chi connectivity index (χ0) is 20.5. The van der Waals surface area contributed by atoms with Crippen LogP contribution in [0.5, 0.6) is 5.75 Å². The molecule has 3 rings (SSSR count). The fourth-order valence-corrected chi connectivity index (χ4v) is 2.76. The molecule has 0 spiro atoms. The van der Waals surface area contributed by atoms with Crippen molar-refractivity contribution in [2.24, 2.45) is 0 Å². The van der Waals surface area contributed by atoms with E-state index >= 15 is 0 Å². The zero-order valence-corrected chi connectivity index (χ0v) is 14.9. The number of esters is 1. The average Bonchev–Trinajstić information content (AvgIpc) is 2.96. The topological polar surface area (TPSA) is 61.6 Å². The molecule has 5 nitrogen and oxygen atoms in total. The molecule has 0 atom stereocenters. The summed E-state index contributed by atoms with van der Waals surface area (Å²) >= 11 is 0. The Morgan fingerprint density at radius 1 is 1.29 bits per heavy atom. The molecule has 1 aromatic carbocycles. The number of aromatic nitrogens is 1. The maximum absolute atomic E-state index is 14.4. The number of hydrogen-bond donors (Lipinski definition) is 0. The number of ether oxygens (including phenoxy) is 2. The molecule has 0 fully saturated rings. The van der Waals surface area contributed by atoms with Crippen molar-refractivity contribution in [3.8, 4) is 5.75 Å². The fourth-order valence-electron chi connectivity index (χ4n) is 2.76. The number of carbonyl (C=O) groups excluding carboxylic acids is 1. The Kier molecular flexibility index (Phi) is 5.26. The quantitative estimate of drug-likeness (QED) is 0.445. The second-order valence-electron chi connectivity index (χ2n) is 5.83. The van der Waals surface area contributed by atoms with Crippen LogP contribution < -0.4 is 4.74 Å². The summed E-state index contributed by atoms with van der Waals surface area (Å²) in [6.07, 6.45) is -3.62. The van der Waals surface area contributed by atoms with E-state index in [-0.39, 0.29) is 40.2 Å². The van der Waals surface area contributed by atoms with Crippen molar-refractivity contribution in [1.29, 1.82) is 0 Å². The summed E-state index contributed by atoms with van der Waals surface area (Å²) < 4.78 is 69.0. The molecule has 148 valence electrons. The summed E-state index contributed by atoms with van der Waals surface area (Å²) in [5.41, 5.74) is -1.41. The first-order chi connectivity index (χ1) is 13.2. The number of alkyl halides is 3. The third-order valence-electron chi connectivity index (χ3n) is 3.93. The Hall–Kier alpha value is -3.10. The van der Waals surface area contributed by atoms with Gasteiger partial charge in [-0.3, -0.25) is 4.98 Å². The van der Waals surface area contributed by atoms with Crippen LogP contribution in [0.1, 0.15) is 34.3 Å². The van der Waals surface area contributed by atoms with Crippen molar-refractivity contribution in [2.45, 2.75) is 26.6 Å². The average molecular weight is 397 g/mol. The number of pyridine rings is 1. The van der Waals surface area contributed by atoms with Crippen LogP contribution in [0.4, 0.5) is 17.6 Å². The van der Waals surface area contributed by atoms with Gasteiger partial charge in [0.25, 0.3) is 0 Å². The van der Waals surface area contributed by atoms with Crippen LogP contribution in [0, 0.1) is 12.7 Å². The standard InChI is InChI=1S/C19H15F4NO4/c1-3-26-18(25)15-10(2)28-16-13(15)7-12(8-14(16)20)27-9-11-5-4-6-24-17(11)19(21,22)23/h4-8H,3,9H2,1-2H3. The van der Waals surface area contributed by atoms with E-state index in [2.05, 4.69) is 4.98 Å². The maximum atomic E-state index is 14.4. The van der Waals surface area contributed by atoms with Gasteiger partial charge in [-0.15, -0.1) is 0 Å². The van der Waals surface area contributed by atoms with Crippen molar-refractivity contribution in [1.82, 2.24) is 4.98 Å². The van der Waals surface area contributed by atoms with Crippen LogP contribution in [-0.2, 0) is 17.5 Å². The van der Waals surface area contributed by atoms with E-state index in [1.807, 2.05) is 0 Å². The van der Waals surface area contributed by atoms with Gasteiger partial charge in [0.1, 0.15) is 23.7 Å². The smallest absolute Gasteiger partial charge is 0.433 e. The van der Waals surface area contributed by atoms with Gasteiger partial charge in [0.05, 0.1) is 6.61 Å². The Morgan fingerprint density at radius 3 is 2.71 bits per heavy atom.